The Hall–Kier alpha value is -1.63. The first-order chi connectivity index (χ1) is 6.60. The summed E-state index contributed by atoms with van der Waals surface area (Å²) in [6.45, 7) is 0. The van der Waals surface area contributed by atoms with Crippen molar-refractivity contribution in [3.05, 3.63) is 34.1 Å². The second-order valence-corrected chi connectivity index (χ2v) is 4.79. The Balaban J connectivity index is 3.33. The van der Waals surface area contributed by atoms with Crippen molar-refractivity contribution in [2.24, 2.45) is 14.9 Å². The monoisotopic (exact) mass is 213 g/mol. The van der Waals surface area contributed by atoms with E-state index in [-0.39, 0.29) is 10.6 Å². The van der Waals surface area contributed by atoms with Crippen LogP contribution in [0.3, 0.4) is 0 Å². The molecule has 1 aromatic carbocycles. The fourth-order valence-corrected chi connectivity index (χ4v) is 1.78. The maximum atomic E-state index is 11.7. The third kappa shape index (κ3) is 2.19. The van der Waals surface area contributed by atoms with Crippen LogP contribution in [0, 0.1) is 9.81 Å². The maximum absolute atomic E-state index is 11.7. The van der Waals surface area contributed by atoms with E-state index in [0.29, 0.717) is 0 Å². The second kappa shape index (κ2) is 4.05. The lowest BCUT2D eigenvalue weighted by Gasteiger charge is -2.00. The number of benzene rings is 1. The molecule has 0 fully saturated rings. The van der Waals surface area contributed by atoms with Crippen LogP contribution in [0.4, 0.5) is 5.69 Å². The molecule has 1 aromatic rings. The molecule has 1 unspecified atom stereocenters. The van der Waals surface area contributed by atoms with Crippen LogP contribution in [0.15, 0.2) is 44.1 Å². The highest BCUT2D eigenvalue weighted by Gasteiger charge is 2.06. The van der Waals surface area contributed by atoms with E-state index >= 15 is 0 Å². The van der Waals surface area contributed by atoms with Crippen molar-refractivity contribution in [3.63, 3.8) is 0 Å². The normalized spacial score (nSPS) is 14.1. The van der Waals surface area contributed by atoms with Gasteiger partial charge in [-0.25, -0.2) is 4.21 Å². The molecule has 0 aliphatic heterocycles. The molecular weight excluding hydrogens is 206 g/mol. The van der Waals surface area contributed by atoms with Gasteiger partial charge in [-0.2, -0.15) is 0 Å². The molecule has 0 heterocycles. The number of hydrogen-bond acceptors (Lipinski definition) is 4. The summed E-state index contributed by atoms with van der Waals surface area (Å²) < 4.78 is 14.7. The molecule has 6 nitrogen and oxygen atoms in total. The van der Waals surface area contributed by atoms with Crippen molar-refractivity contribution in [1.82, 2.24) is 0 Å². The fourth-order valence-electron chi connectivity index (χ4n) is 0.887. The molecule has 1 rings (SSSR count). The number of hydrogen-bond donors (Lipinski definition) is 0. The van der Waals surface area contributed by atoms with Gasteiger partial charge in [0.15, 0.2) is 0 Å². The van der Waals surface area contributed by atoms with E-state index in [2.05, 4.69) is 14.9 Å². The highest BCUT2D eigenvalue weighted by Crippen LogP contribution is 2.18. The lowest BCUT2D eigenvalue weighted by molar-refractivity contribution is 0.679. The molecule has 0 bridgehead atoms. The number of nitrogens with zero attached hydrogens (tertiary/aromatic N) is 3. The lowest BCUT2D eigenvalue weighted by atomic mass is 10.3. The van der Waals surface area contributed by atoms with Gasteiger partial charge in [0.2, 0.25) is 0 Å². The summed E-state index contributed by atoms with van der Waals surface area (Å²) in [7, 11) is -2.85. The summed E-state index contributed by atoms with van der Waals surface area (Å²) in [5.74, 6) is 0. The minimum atomic E-state index is -2.85. The van der Waals surface area contributed by atoms with Gasteiger partial charge in [-0.3, -0.25) is 0 Å². The van der Waals surface area contributed by atoms with Gasteiger partial charge in [0, 0.05) is 6.26 Å². The first-order valence-electron chi connectivity index (χ1n) is 3.57. The summed E-state index contributed by atoms with van der Waals surface area (Å²) in [5.41, 5.74) is 0.137. The Morgan fingerprint density at radius 3 is 2.57 bits per heavy atom. The fraction of sp³-hybridized carbons (Fsp3) is 0.143. The topological polar surface area (TPSA) is 88.3 Å². The average molecular weight is 213 g/mol. The van der Waals surface area contributed by atoms with Crippen molar-refractivity contribution < 1.29 is 4.21 Å². The van der Waals surface area contributed by atoms with Crippen LogP contribution < -0.4 is 0 Å². The van der Waals surface area contributed by atoms with E-state index in [9.17, 15) is 14.0 Å². The van der Waals surface area contributed by atoms with Gasteiger partial charge in [0.05, 0.1) is 19.9 Å². The van der Waals surface area contributed by atoms with Gasteiger partial charge < -0.3 is 0 Å². The summed E-state index contributed by atoms with van der Waals surface area (Å²) in [6.07, 6.45) is 1.26. The minimum absolute atomic E-state index is 0.137. The van der Waals surface area contributed by atoms with Crippen molar-refractivity contribution in [2.75, 3.05) is 6.26 Å². The van der Waals surface area contributed by atoms with Gasteiger partial charge in [-0.1, -0.05) is 10.5 Å². The van der Waals surface area contributed by atoms with E-state index < -0.39 is 9.73 Å². The van der Waals surface area contributed by atoms with Gasteiger partial charge in [0.25, 0.3) is 0 Å². The average Bonchev–Trinajstić information content (AvgIpc) is 2.18. The molecular formula is C7H7N3O3S. The summed E-state index contributed by atoms with van der Waals surface area (Å²) >= 11 is 0. The molecule has 0 spiro atoms. The molecule has 74 valence electrons. The van der Waals surface area contributed by atoms with Crippen LogP contribution in [-0.4, -0.2) is 10.5 Å². The second-order valence-electron chi connectivity index (χ2n) is 2.55. The van der Waals surface area contributed by atoms with Crippen LogP contribution in [-0.2, 0) is 9.73 Å². The lowest BCUT2D eigenvalue weighted by Crippen LogP contribution is -1.95. The minimum Gasteiger partial charge on any atom is -0.243 e. The molecule has 0 N–H and O–H groups in total. The smallest absolute Gasteiger partial charge is 0.109 e. The summed E-state index contributed by atoms with van der Waals surface area (Å²) in [4.78, 5) is 20.3. The van der Waals surface area contributed by atoms with E-state index in [0.717, 1.165) is 0 Å². The third-order valence-electron chi connectivity index (χ3n) is 1.55. The van der Waals surface area contributed by atoms with E-state index in [1.54, 1.807) is 0 Å². The zero-order valence-corrected chi connectivity index (χ0v) is 8.10. The highest BCUT2D eigenvalue weighted by atomic mass is 32.2. The third-order valence-corrected chi connectivity index (χ3v) is 3.06. The summed E-state index contributed by atoms with van der Waals surface area (Å²) in [6, 6.07) is 5.77. The van der Waals surface area contributed by atoms with E-state index in [1.807, 2.05) is 0 Å². The predicted molar refractivity (Wildman–Crippen MR) is 52.5 cm³/mol. The number of rotatable bonds is 3. The SMILES string of the molecule is CS(=O)(=NN=O)c1cccc(N=O)c1. The van der Waals surface area contributed by atoms with Gasteiger partial charge in [0.1, 0.15) is 5.69 Å². The Morgan fingerprint density at radius 2 is 2.00 bits per heavy atom. The van der Waals surface area contributed by atoms with Crippen molar-refractivity contribution >= 4 is 15.4 Å². The standard InChI is InChI=1S/C7H7N3O3S/c1-14(13,10-9-12)7-4-2-3-6(5-7)8-11/h2-5H,1H3. The first kappa shape index (κ1) is 10.5. The van der Waals surface area contributed by atoms with Crippen molar-refractivity contribution in [1.29, 1.82) is 0 Å². The molecule has 0 saturated heterocycles. The zero-order valence-electron chi connectivity index (χ0n) is 7.28. The van der Waals surface area contributed by atoms with Gasteiger partial charge in [-0.05, 0) is 23.4 Å². The Labute approximate surface area is 80.4 Å². The Kier molecular flexibility index (Phi) is 3.03. The highest BCUT2D eigenvalue weighted by molar-refractivity contribution is 7.93. The van der Waals surface area contributed by atoms with Crippen LogP contribution in [0.2, 0.25) is 0 Å². The molecule has 0 saturated carbocycles. The van der Waals surface area contributed by atoms with Crippen molar-refractivity contribution in [2.45, 2.75) is 4.90 Å². The van der Waals surface area contributed by atoms with Crippen molar-refractivity contribution in [3.8, 4) is 0 Å². The molecule has 14 heavy (non-hydrogen) atoms. The molecule has 0 aliphatic rings. The van der Waals surface area contributed by atoms with Crippen LogP contribution in [0.5, 0.6) is 0 Å². The van der Waals surface area contributed by atoms with Gasteiger partial charge >= 0.3 is 0 Å². The summed E-state index contributed by atoms with van der Waals surface area (Å²) in [5, 5.41) is 4.91. The van der Waals surface area contributed by atoms with Crippen LogP contribution >= 0.6 is 0 Å². The van der Waals surface area contributed by atoms with Crippen LogP contribution in [0.1, 0.15) is 0 Å². The molecule has 1 atom stereocenters. The van der Waals surface area contributed by atoms with E-state index in [1.165, 1.54) is 30.5 Å². The molecule has 0 aromatic heterocycles. The maximum Gasteiger partial charge on any atom is 0.109 e. The largest absolute Gasteiger partial charge is 0.243 e. The molecule has 0 amide bonds. The molecule has 0 aliphatic carbocycles. The Morgan fingerprint density at radius 1 is 1.29 bits per heavy atom. The van der Waals surface area contributed by atoms with E-state index in [4.69, 9.17) is 0 Å². The predicted octanol–water partition coefficient (Wildman–Crippen LogP) is 2.22. The zero-order chi connectivity index (χ0) is 10.6. The van der Waals surface area contributed by atoms with Gasteiger partial charge in [-0.15, -0.1) is 9.81 Å². The molecule has 0 radical (unpaired) electrons. The van der Waals surface area contributed by atoms with Crippen LogP contribution in [0.25, 0.3) is 0 Å². The molecule has 7 heteroatoms. The quantitative estimate of drug-likeness (QED) is 0.569. The Bertz CT molecular complexity index is 477. The number of nitroso groups, excluding NO2 is 2. The first-order valence-corrected chi connectivity index (χ1v) is 5.49.